The number of benzene rings is 2. The smallest absolute Gasteiger partial charge is 0.284 e. The fourth-order valence-electron chi connectivity index (χ4n) is 4.10. The fourth-order valence-corrected chi connectivity index (χ4v) is 4.27. The summed E-state index contributed by atoms with van der Waals surface area (Å²) in [5, 5.41) is 0.614. The topological polar surface area (TPSA) is 48.3 Å². The van der Waals surface area contributed by atoms with Crippen LogP contribution in [0.5, 0.6) is 0 Å². The van der Waals surface area contributed by atoms with E-state index in [2.05, 4.69) is 9.89 Å². The van der Waals surface area contributed by atoms with Crippen molar-refractivity contribution in [3.05, 3.63) is 76.6 Å². The maximum atomic E-state index is 13.3. The maximum Gasteiger partial charge on any atom is 0.284 e. The average molecular weight is 405 g/mol. The molecule has 1 fully saturated rings. The summed E-state index contributed by atoms with van der Waals surface area (Å²) in [6.07, 6.45) is 5.48. The first-order chi connectivity index (χ1) is 14.2. The molecule has 1 amide bonds. The van der Waals surface area contributed by atoms with Gasteiger partial charge in [0, 0.05) is 35.4 Å². The first-order valence-electron chi connectivity index (χ1n) is 9.98. The third kappa shape index (κ3) is 3.36. The van der Waals surface area contributed by atoms with Gasteiger partial charge in [0.1, 0.15) is 11.5 Å². The van der Waals surface area contributed by atoms with Crippen LogP contribution in [0.4, 0.5) is 5.69 Å². The number of piperidine rings is 1. The van der Waals surface area contributed by atoms with Gasteiger partial charge in [-0.2, -0.15) is 0 Å². The molecule has 3 aliphatic rings. The van der Waals surface area contributed by atoms with Crippen LogP contribution in [-0.2, 0) is 4.79 Å². The molecule has 3 heterocycles. The Kier molecular flexibility index (Phi) is 4.68. The Morgan fingerprint density at radius 2 is 1.79 bits per heavy atom. The van der Waals surface area contributed by atoms with Gasteiger partial charge in [0.2, 0.25) is 0 Å². The largest absolute Gasteiger partial charge is 0.375 e. The van der Waals surface area contributed by atoms with Crippen molar-refractivity contribution in [2.45, 2.75) is 19.3 Å². The predicted molar refractivity (Wildman–Crippen MR) is 117 cm³/mol. The molecule has 3 aliphatic heterocycles. The van der Waals surface area contributed by atoms with Gasteiger partial charge in [-0.15, -0.1) is 0 Å². The molecule has 0 bridgehead atoms. The van der Waals surface area contributed by atoms with Gasteiger partial charge in [-0.25, -0.2) is 4.99 Å². The highest BCUT2D eigenvalue weighted by Crippen LogP contribution is 2.33. The van der Waals surface area contributed by atoms with Crippen LogP contribution in [0.2, 0.25) is 5.02 Å². The summed E-state index contributed by atoms with van der Waals surface area (Å²) in [5.74, 6) is 0.562. The van der Waals surface area contributed by atoms with Crippen LogP contribution in [0.1, 0.15) is 30.4 Å². The maximum absolute atomic E-state index is 13.3. The lowest BCUT2D eigenvalue weighted by Gasteiger charge is -2.25. The van der Waals surface area contributed by atoms with E-state index < -0.39 is 0 Å². The molecule has 0 N–H and O–H groups in total. The molecule has 2 aromatic rings. The number of hydrogen-bond donors (Lipinski definition) is 0. The van der Waals surface area contributed by atoms with Crippen molar-refractivity contribution < 1.29 is 4.79 Å². The van der Waals surface area contributed by atoms with Gasteiger partial charge < -0.3 is 4.90 Å². The molecule has 1 saturated heterocycles. The first kappa shape index (κ1) is 18.1. The van der Waals surface area contributed by atoms with E-state index in [0.717, 1.165) is 48.5 Å². The number of halogens is 1. The monoisotopic (exact) mass is 404 g/mol. The molecule has 6 heteroatoms. The minimum atomic E-state index is -0.0985. The van der Waals surface area contributed by atoms with E-state index >= 15 is 0 Å². The van der Waals surface area contributed by atoms with Crippen molar-refractivity contribution in [3.63, 3.8) is 0 Å². The highest BCUT2D eigenvalue weighted by Gasteiger charge is 2.35. The van der Waals surface area contributed by atoms with E-state index in [1.165, 1.54) is 6.42 Å². The second-order valence-electron chi connectivity index (χ2n) is 7.47. The van der Waals surface area contributed by atoms with E-state index in [1.54, 1.807) is 4.90 Å². The summed E-state index contributed by atoms with van der Waals surface area (Å²) in [5.41, 5.74) is 3.94. The van der Waals surface area contributed by atoms with Crippen LogP contribution in [-0.4, -0.2) is 42.0 Å². The van der Waals surface area contributed by atoms with E-state index in [9.17, 15) is 4.79 Å². The minimum absolute atomic E-state index is 0.0985. The van der Waals surface area contributed by atoms with Crippen LogP contribution in [0, 0.1) is 0 Å². The fraction of sp³-hybridized carbons (Fsp3) is 0.261. The number of amidine groups is 1. The standard InChI is InChI=1S/C23H21ClN4O/c24-17-9-10-20-18(13-17)22(16-7-3-1-4-8-16)25-14-21-26-19(23(29)28(20)21)15-27-11-5-2-6-12-27/h1,3-4,7-10,13,15H,2,5-6,11-12,14H2/b19-15-. The van der Waals surface area contributed by atoms with Crippen LogP contribution < -0.4 is 4.90 Å². The Balaban J connectivity index is 1.59. The van der Waals surface area contributed by atoms with E-state index in [-0.39, 0.29) is 5.91 Å². The average Bonchev–Trinajstić information content (AvgIpc) is 2.96. The zero-order valence-electron chi connectivity index (χ0n) is 16.0. The molecule has 0 atom stereocenters. The Labute approximate surface area is 175 Å². The Bertz CT molecular complexity index is 1050. The van der Waals surface area contributed by atoms with Crippen LogP contribution >= 0.6 is 11.6 Å². The quantitative estimate of drug-likeness (QED) is 0.702. The number of nitrogens with zero attached hydrogens (tertiary/aromatic N) is 4. The Morgan fingerprint density at radius 1 is 1.00 bits per heavy atom. The summed E-state index contributed by atoms with van der Waals surface area (Å²) < 4.78 is 0. The zero-order valence-corrected chi connectivity index (χ0v) is 16.8. The predicted octanol–water partition coefficient (Wildman–Crippen LogP) is 4.26. The molecule has 0 aromatic heterocycles. The first-order valence-corrected chi connectivity index (χ1v) is 10.4. The molecule has 0 aliphatic carbocycles. The molecule has 0 radical (unpaired) electrons. The van der Waals surface area contributed by atoms with Crippen molar-refractivity contribution in [1.82, 2.24) is 4.90 Å². The third-order valence-electron chi connectivity index (χ3n) is 5.51. The number of rotatable bonds is 2. The lowest BCUT2D eigenvalue weighted by atomic mass is 10.00. The number of anilines is 1. The van der Waals surface area contributed by atoms with Crippen molar-refractivity contribution in [2.24, 2.45) is 9.98 Å². The molecule has 5 nitrogen and oxygen atoms in total. The van der Waals surface area contributed by atoms with E-state index in [4.69, 9.17) is 16.6 Å². The SMILES string of the molecule is O=C1/C(=C/N2CCCCC2)N=C2CN=C(c3ccccc3)c3cc(Cl)ccc3N12. The summed E-state index contributed by atoms with van der Waals surface area (Å²) in [6, 6.07) is 15.6. The van der Waals surface area contributed by atoms with Crippen molar-refractivity contribution in [1.29, 1.82) is 0 Å². The summed E-state index contributed by atoms with van der Waals surface area (Å²) in [4.78, 5) is 26.7. The van der Waals surface area contributed by atoms with Gasteiger partial charge in [0.25, 0.3) is 5.91 Å². The molecule has 29 heavy (non-hydrogen) atoms. The third-order valence-corrected chi connectivity index (χ3v) is 5.74. The van der Waals surface area contributed by atoms with Crippen LogP contribution in [0.15, 0.2) is 70.4 Å². The van der Waals surface area contributed by atoms with Crippen molar-refractivity contribution >= 4 is 34.7 Å². The van der Waals surface area contributed by atoms with Crippen LogP contribution in [0.3, 0.4) is 0 Å². The molecule has 2 aromatic carbocycles. The van der Waals surface area contributed by atoms with Crippen LogP contribution in [0.25, 0.3) is 0 Å². The highest BCUT2D eigenvalue weighted by atomic mass is 35.5. The number of likely N-dealkylation sites (tertiary alicyclic amines) is 1. The van der Waals surface area contributed by atoms with Gasteiger partial charge in [-0.1, -0.05) is 41.9 Å². The van der Waals surface area contributed by atoms with Crippen molar-refractivity contribution in [3.8, 4) is 0 Å². The summed E-state index contributed by atoms with van der Waals surface area (Å²) in [7, 11) is 0. The van der Waals surface area contributed by atoms with Gasteiger partial charge in [-0.3, -0.25) is 14.7 Å². The number of aliphatic imine (C=N–C) groups is 2. The number of carbonyl (C=O) groups is 1. The van der Waals surface area contributed by atoms with Crippen molar-refractivity contribution in [2.75, 3.05) is 24.5 Å². The van der Waals surface area contributed by atoms with Gasteiger partial charge in [0.05, 0.1) is 17.9 Å². The molecule has 146 valence electrons. The molecule has 0 spiro atoms. The Morgan fingerprint density at radius 3 is 2.59 bits per heavy atom. The lowest BCUT2D eigenvalue weighted by Crippen LogP contribution is -2.34. The number of hydrogen-bond acceptors (Lipinski definition) is 4. The number of carbonyl (C=O) groups excluding carboxylic acids is 1. The highest BCUT2D eigenvalue weighted by molar-refractivity contribution is 6.34. The molecule has 5 rings (SSSR count). The Hall–Kier alpha value is -2.92. The minimum Gasteiger partial charge on any atom is -0.375 e. The normalized spacial score (nSPS) is 20.2. The molecular weight excluding hydrogens is 384 g/mol. The number of fused-ring (bicyclic) bond motifs is 3. The van der Waals surface area contributed by atoms with Gasteiger partial charge in [-0.05, 0) is 37.5 Å². The summed E-state index contributed by atoms with van der Waals surface area (Å²) in [6.45, 7) is 2.30. The second kappa shape index (κ2) is 7.48. The van der Waals surface area contributed by atoms with E-state index in [0.29, 0.717) is 23.1 Å². The molecular formula is C23H21ClN4O. The number of amides is 1. The van der Waals surface area contributed by atoms with Gasteiger partial charge in [0.15, 0.2) is 0 Å². The van der Waals surface area contributed by atoms with E-state index in [1.807, 2.05) is 54.7 Å². The zero-order chi connectivity index (χ0) is 19.8. The summed E-state index contributed by atoms with van der Waals surface area (Å²) >= 11 is 6.31. The molecule has 0 saturated carbocycles. The lowest BCUT2D eigenvalue weighted by molar-refractivity contribution is -0.114. The second-order valence-corrected chi connectivity index (χ2v) is 7.91. The molecule has 0 unspecified atom stereocenters. The van der Waals surface area contributed by atoms with Gasteiger partial charge >= 0.3 is 0 Å².